The third-order valence-corrected chi connectivity index (χ3v) is 6.22. The number of nitrogens with one attached hydrogen (secondary N) is 1. The van der Waals surface area contributed by atoms with E-state index in [0.29, 0.717) is 23.2 Å². The predicted molar refractivity (Wildman–Crippen MR) is 143 cm³/mol. The molecule has 6 nitrogen and oxygen atoms in total. The number of pyridine rings is 1. The van der Waals surface area contributed by atoms with Gasteiger partial charge in [0.25, 0.3) is 5.91 Å². The topological polar surface area (TPSA) is 77.5 Å². The van der Waals surface area contributed by atoms with Crippen LogP contribution in [-0.4, -0.2) is 30.0 Å². The van der Waals surface area contributed by atoms with E-state index in [-0.39, 0.29) is 12.3 Å². The molecule has 0 saturated carbocycles. The average molecular weight is 491 g/mol. The standard InChI is InChI=1S/C31H26N2O4/c1-36-31(35)28(19-21-15-17-23(18-16-21)37-20-22-9-3-2-4-10-22)33-30(34)29-24-11-5-7-13-26(24)32-27-14-8-6-12-25(27)29/h2-18,28H,19-20H2,1H3,(H,33,34)/t28-/m0/s1. The van der Waals surface area contributed by atoms with Crippen LogP contribution in [0, 0.1) is 0 Å². The van der Waals surface area contributed by atoms with E-state index >= 15 is 0 Å². The second-order valence-electron chi connectivity index (χ2n) is 8.69. The number of carbonyl (C=O) groups excluding carboxylic acids is 2. The van der Waals surface area contributed by atoms with E-state index in [1.54, 1.807) is 0 Å². The van der Waals surface area contributed by atoms with Gasteiger partial charge in [0.15, 0.2) is 0 Å². The first-order valence-electron chi connectivity index (χ1n) is 12.0. The van der Waals surface area contributed by atoms with Crippen LogP contribution in [0.4, 0.5) is 0 Å². The van der Waals surface area contributed by atoms with Crippen molar-refractivity contribution in [2.75, 3.05) is 7.11 Å². The lowest BCUT2D eigenvalue weighted by atomic mass is 10.0. The normalized spacial score (nSPS) is 11.7. The smallest absolute Gasteiger partial charge is 0.328 e. The third kappa shape index (κ3) is 5.43. The van der Waals surface area contributed by atoms with E-state index in [4.69, 9.17) is 9.47 Å². The van der Waals surface area contributed by atoms with Crippen LogP contribution in [0.2, 0.25) is 0 Å². The molecule has 0 aliphatic heterocycles. The van der Waals surface area contributed by atoms with Gasteiger partial charge in [-0.3, -0.25) is 4.79 Å². The van der Waals surface area contributed by atoms with E-state index in [0.717, 1.165) is 27.6 Å². The van der Waals surface area contributed by atoms with Gasteiger partial charge < -0.3 is 14.8 Å². The van der Waals surface area contributed by atoms with Crippen molar-refractivity contribution in [3.8, 4) is 5.75 Å². The molecule has 5 rings (SSSR count). The summed E-state index contributed by atoms with van der Waals surface area (Å²) < 4.78 is 10.9. The Morgan fingerprint density at radius 3 is 1.97 bits per heavy atom. The van der Waals surface area contributed by atoms with Gasteiger partial charge in [0.2, 0.25) is 0 Å². The molecule has 1 N–H and O–H groups in total. The number of hydrogen-bond donors (Lipinski definition) is 1. The summed E-state index contributed by atoms with van der Waals surface area (Å²) in [5.74, 6) is -0.144. The number of methoxy groups -OCH3 is 1. The van der Waals surface area contributed by atoms with Crippen molar-refractivity contribution >= 4 is 33.7 Å². The van der Waals surface area contributed by atoms with Crippen LogP contribution < -0.4 is 10.1 Å². The molecule has 184 valence electrons. The molecule has 1 atom stereocenters. The number of esters is 1. The maximum Gasteiger partial charge on any atom is 0.328 e. The number of ether oxygens (including phenoxy) is 2. The van der Waals surface area contributed by atoms with E-state index in [2.05, 4.69) is 10.3 Å². The number of hydrogen-bond acceptors (Lipinski definition) is 5. The molecule has 0 fully saturated rings. The molecule has 5 aromatic rings. The minimum atomic E-state index is -0.862. The van der Waals surface area contributed by atoms with Gasteiger partial charge in [-0.15, -0.1) is 0 Å². The van der Waals surface area contributed by atoms with Crippen LogP contribution in [0.25, 0.3) is 21.8 Å². The largest absolute Gasteiger partial charge is 0.489 e. The van der Waals surface area contributed by atoms with Crippen molar-refractivity contribution in [3.05, 3.63) is 120 Å². The van der Waals surface area contributed by atoms with E-state index in [1.165, 1.54) is 7.11 Å². The quantitative estimate of drug-likeness (QED) is 0.230. The Morgan fingerprint density at radius 2 is 1.35 bits per heavy atom. The van der Waals surface area contributed by atoms with Gasteiger partial charge in [0, 0.05) is 17.2 Å². The van der Waals surface area contributed by atoms with Gasteiger partial charge in [0.1, 0.15) is 18.4 Å². The van der Waals surface area contributed by atoms with Crippen molar-refractivity contribution in [2.45, 2.75) is 19.1 Å². The molecule has 0 radical (unpaired) electrons. The number of carbonyl (C=O) groups is 2. The first-order valence-corrected chi connectivity index (χ1v) is 12.0. The Hall–Kier alpha value is -4.71. The Bertz CT molecular complexity index is 1490. The summed E-state index contributed by atoms with van der Waals surface area (Å²) in [6.45, 7) is 0.467. The highest BCUT2D eigenvalue weighted by Gasteiger charge is 2.25. The first kappa shape index (κ1) is 24.0. The van der Waals surface area contributed by atoms with Gasteiger partial charge in [0.05, 0.1) is 23.7 Å². The summed E-state index contributed by atoms with van der Waals surface area (Å²) in [6, 6.07) is 31.5. The van der Waals surface area contributed by atoms with Crippen LogP contribution >= 0.6 is 0 Å². The summed E-state index contributed by atoms with van der Waals surface area (Å²) >= 11 is 0. The molecule has 0 saturated heterocycles. The third-order valence-electron chi connectivity index (χ3n) is 6.22. The summed E-state index contributed by atoms with van der Waals surface area (Å²) in [4.78, 5) is 30.9. The summed E-state index contributed by atoms with van der Waals surface area (Å²) in [5, 5.41) is 4.35. The predicted octanol–water partition coefficient (Wildman–Crippen LogP) is 5.48. The van der Waals surface area contributed by atoms with E-state index in [1.807, 2.05) is 103 Å². The molecule has 1 amide bonds. The number of fused-ring (bicyclic) bond motifs is 2. The molecule has 0 aliphatic rings. The monoisotopic (exact) mass is 490 g/mol. The van der Waals surface area contributed by atoms with Crippen molar-refractivity contribution in [1.82, 2.24) is 10.3 Å². The zero-order chi connectivity index (χ0) is 25.6. The van der Waals surface area contributed by atoms with Crippen molar-refractivity contribution < 1.29 is 19.1 Å². The molecule has 6 heteroatoms. The number of para-hydroxylation sites is 2. The maximum atomic E-state index is 13.6. The fraction of sp³-hybridized carbons (Fsp3) is 0.129. The van der Waals surface area contributed by atoms with Crippen LogP contribution in [0.1, 0.15) is 21.5 Å². The summed E-state index contributed by atoms with van der Waals surface area (Å²) in [7, 11) is 1.32. The van der Waals surface area contributed by atoms with Crippen molar-refractivity contribution in [1.29, 1.82) is 0 Å². The lowest BCUT2D eigenvalue weighted by molar-refractivity contribution is -0.142. The highest BCUT2D eigenvalue weighted by Crippen LogP contribution is 2.26. The van der Waals surface area contributed by atoms with Crippen molar-refractivity contribution in [2.24, 2.45) is 0 Å². The lowest BCUT2D eigenvalue weighted by Crippen LogP contribution is -2.43. The van der Waals surface area contributed by atoms with Gasteiger partial charge in [-0.25, -0.2) is 9.78 Å². The Balaban J connectivity index is 1.36. The van der Waals surface area contributed by atoms with Gasteiger partial charge >= 0.3 is 5.97 Å². The Morgan fingerprint density at radius 1 is 0.757 bits per heavy atom. The van der Waals surface area contributed by atoms with E-state index in [9.17, 15) is 9.59 Å². The molecule has 4 aromatic carbocycles. The molecule has 1 heterocycles. The van der Waals surface area contributed by atoms with Gasteiger partial charge in [-0.2, -0.15) is 0 Å². The molecule has 37 heavy (non-hydrogen) atoms. The number of nitrogens with zero attached hydrogens (tertiary/aromatic N) is 1. The lowest BCUT2D eigenvalue weighted by Gasteiger charge is -2.18. The number of amides is 1. The summed E-state index contributed by atoms with van der Waals surface area (Å²) in [5.41, 5.74) is 3.86. The molecule has 1 aromatic heterocycles. The van der Waals surface area contributed by atoms with Crippen LogP contribution in [0.5, 0.6) is 5.75 Å². The highest BCUT2D eigenvalue weighted by molar-refractivity contribution is 6.16. The molecule has 0 aliphatic carbocycles. The number of benzene rings is 4. The fourth-order valence-electron chi connectivity index (χ4n) is 4.35. The summed E-state index contributed by atoms with van der Waals surface area (Å²) in [6.07, 6.45) is 0.276. The first-order chi connectivity index (χ1) is 18.1. The van der Waals surface area contributed by atoms with Crippen LogP contribution in [-0.2, 0) is 22.6 Å². The highest BCUT2D eigenvalue weighted by atomic mass is 16.5. The molecule has 0 bridgehead atoms. The zero-order valence-corrected chi connectivity index (χ0v) is 20.4. The second-order valence-corrected chi connectivity index (χ2v) is 8.69. The number of aromatic nitrogens is 1. The van der Waals surface area contributed by atoms with Gasteiger partial charge in [-0.05, 0) is 35.4 Å². The van der Waals surface area contributed by atoms with Gasteiger partial charge in [-0.1, -0.05) is 78.9 Å². The number of rotatable bonds is 8. The molecular weight excluding hydrogens is 464 g/mol. The molecular formula is C31H26N2O4. The molecule has 0 spiro atoms. The Labute approximate surface area is 214 Å². The van der Waals surface area contributed by atoms with E-state index < -0.39 is 12.0 Å². The minimum absolute atomic E-state index is 0.276. The Kier molecular flexibility index (Phi) is 7.08. The van der Waals surface area contributed by atoms with Crippen molar-refractivity contribution in [3.63, 3.8) is 0 Å². The fourth-order valence-corrected chi connectivity index (χ4v) is 4.35. The zero-order valence-electron chi connectivity index (χ0n) is 20.4. The maximum absolute atomic E-state index is 13.6. The molecule has 0 unspecified atom stereocenters. The average Bonchev–Trinajstić information content (AvgIpc) is 2.95. The van der Waals surface area contributed by atoms with Crippen LogP contribution in [0.15, 0.2) is 103 Å². The second kappa shape index (κ2) is 10.9. The van der Waals surface area contributed by atoms with Crippen LogP contribution in [0.3, 0.4) is 0 Å². The SMILES string of the molecule is COC(=O)[C@H](Cc1ccc(OCc2ccccc2)cc1)NC(=O)c1c2ccccc2nc2ccccc12. The minimum Gasteiger partial charge on any atom is -0.489 e.